The van der Waals surface area contributed by atoms with Crippen LogP contribution in [-0.4, -0.2) is 155 Å². The summed E-state index contributed by atoms with van der Waals surface area (Å²) >= 11 is 7.95. The second-order valence-electron chi connectivity index (χ2n) is 18.8. The average molecular weight is 841 g/mol. The van der Waals surface area contributed by atoms with Gasteiger partial charge in [-0.1, -0.05) is 11.1 Å². The Morgan fingerprint density at radius 2 is 0.661 bits per heavy atom. The molecule has 9 heterocycles. The Morgan fingerprint density at radius 3 is 0.893 bits per heavy atom. The van der Waals surface area contributed by atoms with Crippen LogP contribution in [0.15, 0.2) is 0 Å². The molecule has 320 valence electrons. The van der Waals surface area contributed by atoms with Crippen molar-refractivity contribution >= 4 is 19.2 Å². The number of hydrogen-bond donors (Lipinski definition) is 0. The molecule has 0 unspecified atom stereocenters. The van der Waals surface area contributed by atoms with Gasteiger partial charge in [-0.2, -0.15) is 0 Å². The molecule has 9 fully saturated rings. The molecule has 3 spiro atoms. The maximum atomic E-state index is 7.95. The van der Waals surface area contributed by atoms with Crippen LogP contribution in [0.3, 0.4) is 0 Å². The fourth-order valence-electron chi connectivity index (χ4n) is 9.30. The minimum Gasteiger partial charge on any atom is -0.350 e. The van der Waals surface area contributed by atoms with Gasteiger partial charge >= 0.3 is 8.11 Å². The summed E-state index contributed by atoms with van der Waals surface area (Å²) < 4.78 is 117. The first kappa shape index (κ1) is 41.2. The van der Waals surface area contributed by atoms with Crippen molar-refractivity contribution in [3.63, 3.8) is 0 Å². The van der Waals surface area contributed by atoms with E-state index in [4.69, 9.17) is 95.4 Å². The lowest BCUT2D eigenvalue weighted by molar-refractivity contribution is -0.347. The van der Waals surface area contributed by atoms with Gasteiger partial charge in [0.15, 0.2) is 34.7 Å². The van der Waals surface area contributed by atoms with Gasteiger partial charge in [-0.15, -0.1) is 0 Å². The van der Waals surface area contributed by atoms with Crippen molar-refractivity contribution in [3.05, 3.63) is 0 Å². The molecule has 0 bridgehead atoms. The van der Waals surface area contributed by atoms with E-state index in [-0.39, 0.29) is 39.6 Å². The van der Waals surface area contributed by atoms with Crippen LogP contribution in [0.2, 0.25) is 0 Å². The quantitative estimate of drug-likeness (QED) is 0.283. The van der Waals surface area contributed by atoms with E-state index < -0.39 is 115 Å². The highest BCUT2D eigenvalue weighted by atomic mass is 35.6. The molecular weight excluding hydrogens is 784 g/mol. The van der Waals surface area contributed by atoms with Gasteiger partial charge in [-0.25, -0.2) is 0 Å². The highest BCUT2D eigenvalue weighted by molar-refractivity contribution is 7.09. The van der Waals surface area contributed by atoms with Gasteiger partial charge in [0.1, 0.15) is 74.8 Å². The normalized spacial score (nSPS) is 49.1. The molecule has 0 radical (unpaired) electrons. The largest absolute Gasteiger partial charge is 0.614 e. The topological polar surface area (TPSA) is 166 Å². The van der Waals surface area contributed by atoms with E-state index in [0.29, 0.717) is 0 Å². The molecule has 9 rings (SSSR count). The zero-order valence-electron chi connectivity index (χ0n) is 34.2. The lowest BCUT2D eigenvalue weighted by Gasteiger charge is -2.50. The first-order chi connectivity index (χ1) is 25.8. The third-order valence-electron chi connectivity index (χ3n) is 11.3. The number of rotatable bonds is 6. The van der Waals surface area contributed by atoms with Gasteiger partial charge in [0, 0.05) is 0 Å². The zero-order valence-corrected chi connectivity index (χ0v) is 35.9. The molecule has 0 aromatic heterocycles. The third kappa shape index (κ3) is 7.25. The van der Waals surface area contributed by atoms with Crippen molar-refractivity contribution in [2.45, 2.75) is 190 Å². The van der Waals surface area contributed by atoms with Crippen molar-refractivity contribution in [3.8, 4) is 0 Å². The van der Waals surface area contributed by atoms with Crippen molar-refractivity contribution in [2.75, 3.05) is 39.6 Å². The predicted molar refractivity (Wildman–Crippen MR) is 187 cm³/mol. The van der Waals surface area contributed by atoms with E-state index in [0.717, 1.165) is 0 Å². The van der Waals surface area contributed by atoms with Crippen molar-refractivity contribution in [1.29, 1.82) is 0 Å². The van der Waals surface area contributed by atoms with E-state index in [2.05, 4.69) is 0 Å². The lowest BCUT2D eigenvalue weighted by Crippen LogP contribution is -2.71. The molecule has 56 heavy (non-hydrogen) atoms. The second kappa shape index (κ2) is 12.9. The van der Waals surface area contributed by atoms with Crippen molar-refractivity contribution in [1.82, 2.24) is 0 Å². The minimum absolute atomic E-state index is 0.0338. The SMILES string of the molecule is CC1(C)O[C@@H]2[C@@H](CO[C@]3(COC(C)(C)O3)[C@H]2O[Si](Cl)(O[C@H]2[C@@H]3OC(C)(C)O[C@@H]3CO[C@]23COC(C)(C)O3)O[C@H]2[C@@H]3OC(C)(C)O[C@@H]3CO[C@]23COC(C)(C)O3)O1. The molecular formula is C36H57ClO18Si. The Bertz CT molecular complexity index is 1370. The summed E-state index contributed by atoms with van der Waals surface area (Å²) in [5, 5.41) is 0. The van der Waals surface area contributed by atoms with Crippen molar-refractivity contribution in [2.24, 2.45) is 0 Å². The van der Waals surface area contributed by atoms with E-state index in [1.165, 1.54) is 0 Å². The first-order valence-electron chi connectivity index (χ1n) is 19.5. The predicted octanol–water partition coefficient (Wildman–Crippen LogP) is 2.90. The van der Waals surface area contributed by atoms with E-state index in [9.17, 15) is 0 Å². The van der Waals surface area contributed by atoms with Gasteiger partial charge in [-0.3, -0.25) is 0 Å². The summed E-state index contributed by atoms with van der Waals surface area (Å²) in [5.74, 6) is -10.8. The molecule has 9 aliphatic heterocycles. The summed E-state index contributed by atoms with van der Waals surface area (Å²) in [6.07, 6.45) is -7.53. The van der Waals surface area contributed by atoms with Gasteiger partial charge in [0.05, 0.1) is 19.8 Å². The summed E-state index contributed by atoms with van der Waals surface area (Å²) in [6, 6.07) is 0. The molecule has 18 nitrogen and oxygen atoms in total. The first-order valence-corrected chi connectivity index (χ1v) is 22.2. The fourth-order valence-corrected chi connectivity index (χ4v) is 12.2. The highest BCUT2D eigenvalue weighted by Crippen LogP contribution is 2.52. The number of hydrogen-bond acceptors (Lipinski definition) is 18. The smallest absolute Gasteiger partial charge is 0.350 e. The fraction of sp³-hybridized carbons (Fsp3) is 1.00. The van der Waals surface area contributed by atoms with Gasteiger partial charge in [0.2, 0.25) is 17.4 Å². The Morgan fingerprint density at radius 1 is 0.393 bits per heavy atom. The molecule has 0 aromatic rings. The second-order valence-corrected chi connectivity index (χ2v) is 21.8. The Hall–Kier alpha value is -0.213. The maximum Gasteiger partial charge on any atom is 0.614 e. The van der Waals surface area contributed by atoms with Gasteiger partial charge in [-0.05, 0) is 83.1 Å². The van der Waals surface area contributed by atoms with Crippen LogP contribution in [-0.2, 0) is 84.3 Å². The average Bonchev–Trinajstić information content (AvgIpc) is 3.87. The standard InChI is InChI=1S/C36H57ClO18Si/c1-28(2)41-16-34(53-28)25(22-19(13-38-34)44-31(7,8)47-22)50-56(37,51-26-23-20(45-32(9,10)48-23)14-39-35(26)17-42-29(3,4)54-35)52-27-24-21(46-33(11,12)49-24)15-40-36(27)18-43-30(5,6)55-36/h19-27H,13-18H2,1-12H3/t19-,20-,21-,22-,23-,24-,25+,26+,27+,34+,35+,36+/m1/s1. The molecule has 12 atom stereocenters. The molecule has 0 saturated carbocycles. The Labute approximate surface area is 332 Å². The monoisotopic (exact) mass is 840 g/mol. The third-order valence-corrected chi connectivity index (χ3v) is 13.7. The molecule has 0 aliphatic carbocycles. The molecule has 0 aromatic carbocycles. The summed E-state index contributed by atoms with van der Waals surface area (Å²) in [5.41, 5.74) is 0. The lowest BCUT2D eigenvalue weighted by atomic mass is 9.97. The van der Waals surface area contributed by atoms with Crippen LogP contribution in [0, 0.1) is 0 Å². The summed E-state index contributed by atoms with van der Waals surface area (Å²) in [6.45, 7) is 21.8. The molecule has 20 heteroatoms. The summed E-state index contributed by atoms with van der Waals surface area (Å²) in [4.78, 5) is 0. The molecule has 0 N–H and O–H groups in total. The molecule has 9 saturated heterocycles. The molecule has 0 amide bonds. The van der Waals surface area contributed by atoms with Gasteiger partial charge < -0.3 is 84.3 Å². The highest BCUT2D eigenvalue weighted by Gasteiger charge is 2.72. The zero-order chi connectivity index (χ0) is 40.2. The van der Waals surface area contributed by atoms with Crippen LogP contribution in [0.25, 0.3) is 0 Å². The van der Waals surface area contributed by atoms with E-state index >= 15 is 0 Å². The maximum absolute atomic E-state index is 7.95. The molecule has 9 aliphatic rings. The number of fused-ring (bicyclic) bond motifs is 3. The van der Waals surface area contributed by atoms with E-state index in [1.807, 2.05) is 41.5 Å². The Kier molecular flexibility index (Phi) is 9.49. The number of ether oxygens (including phenoxy) is 15. The Balaban J connectivity index is 1.16. The summed E-state index contributed by atoms with van der Waals surface area (Å²) in [7, 11) is -4.83. The van der Waals surface area contributed by atoms with Crippen LogP contribution >= 0.6 is 11.1 Å². The minimum atomic E-state index is -4.83. The van der Waals surface area contributed by atoms with Crippen molar-refractivity contribution < 1.29 is 84.3 Å². The van der Waals surface area contributed by atoms with Crippen LogP contribution < -0.4 is 0 Å². The van der Waals surface area contributed by atoms with Crippen LogP contribution in [0.5, 0.6) is 0 Å². The van der Waals surface area contributed by atoms with Crippen LogP contribution in [0.1, 0.15) is 83.1 Å². The van der Waals surface area contributed by atoms with E-state index in [1.54, 1.807) is 41.5 Å². The van der Waals surface area contributed by atoms with Crippen LogP contribution in [0.4, 0.5) is 0 Å². The van der Waals surface area contributed by atoms with Gasteiger partial charge in [0.25, 0.3) is 0 Å². The number of halogens is 1.